The molecule has 0 atom stereocenters. The van der Waals surface area contributed by atoms with Crippen LogP contribution < -0.4 is 9.46 Å². The highest BCUT2D eigenvalue weighted by Crippen LogP contribution is 2.25. The van der Waals surface area contributed by atoms with Crippen LogP contribution in [0.15, 0.2) is 47.4 Å². The summed E-state index contributed by atoms with van der Waals surface area (Å²) in [5, 5.41) is 0. The van der Waals surface area contributed by atoms with E-state index < -0.39 is 16.0 Å². The SMILES string of the molecule is COC(=O)c1cc(OC)ccc1NS(=O)(=O)c1cccc(C)c1. The lowest BCUT2D eigenvalue weighted by molar-refractivity contribution is 0.0601. The van der Waals surface area contributed by atoms with Crippen molar-refractivity contribution in [3.8, 4) is 5.75 Å². The first-order valence-corrected chi connectivity index (χ1v) is 8.21. The fraction of sp³-hybridized carbons (Fsp3) is 0.188. The summed E-state index contributed by atoms with van der Waals surface area (Å²) in [7, 11) is -1.14. The predicted molar refractivity (Wildman–Crippen MR) is 86.3 cm³/mol. The molecule has 6 nitrogen and oxygen atoms in total. The first-order valence-electron chi connectivity index (χ1n) is 6.73. The van der Waals surface area contributed by atoms with Crippen molar-refractivity contribution in [1.82, 2.24) is 0 Å². The Hall–Kier alpha value is -2.54. The van der Waals surface area contributed by atoms with Crippen LogP contribution in [0.2, 0.25) is 0 Å². The number of carbonyl (C=O) groups is 1. The number of methoxy groups -OCH3 is 2. The molecular weight excluding hydrogens is 318 g/mol. The molecule has 2 rings (SSSR count). The third-order valence-electron chi connectivity index (χ3n) is 3.18. The molecule has 23 heavy (non-hydrogen) atoms. The molecule has 122 valence electrons. The molecule has 0 amide bonds. The first-order chi connectivity index (χ1) is 10.9. The average Bonchev–Trinajstić information content (AvgIpc) is 2.54. The Morgan fingerprint density at radius 3 is 2.43 bits per heavy atom. The number of sulfonamides is 1. The molecule has 0 unspecified atom stereocenters. The molecule has 0 heterocycles. The lowest BCUT2D eigenvalue weighted by Crippen LogP contribution is -2.16. The Bertz CT molecular complexity index is 830. The van der Waals surface area contributed by atoms with E-state index in [1.807, 2.05) is 0 Å². The molecule has 2 aromatic rings. The van der Waals surface area contributed by atoms with Crippen molar-refractivity contribution in [1.29, 1.82) is 0 Å². The number of aryl methyl sites for hydroxylation is 1. The molecule has 0 fully saturated rings. The zero-order chi connectivity index (χ0) is 17.0. The van der Waals surface area contributed by atoms with E-state index in [1.165, 1.54) is 32.4 Å². The topological polar surface area (TPSA) is 81.7 Å². The maximum atomic E-state index is 12.5. The summed E-state index contributed by atoms with van der Waals surface area (Å²) in [4.78, 5) is 12.0. The summed E-state index contributed by atoms with van der Waals surface area (Å²) in [6, 6.07) is 10.9. The Morgan fingerprint density at radius 1 is 1.09 bits per heavy atom. The minimum atomic E-state index is -3.82. The largest absolute Gasteiger partial charge is 0.497 e. The molecule has 0 aromatic heterocycles. The van der Waals surface area contributed by atoms with E-state index in [0.717, 1.165) is 5.56 Å². The number of anilines is 1. The van der Waals surface area contributed by atoms with E-state index in [-0.39, 0.29) is 16.1 Å². The molecule has 2 aromatic carbocycles. The normalized spacial score (nSPS) is 10.9. The summed E-state index contributed by atoms with van der Waals surface area (Å²) in [5.74, 6) is -0.241. The second-order valence-electron chi connectivity index (χ2n) is 4.83. The summed E-state index contributed by atoms with van der Waals surface area (Å²) in [6.45, 7) is 1.80. The van der Waals surface area contributed by atoms with Crippen LogP contribution in [-0.4, -0.2) is 28.6 Å². The van der Waals surface area contributed by atoms with E-state index in [4.69, 9.17) is 4.74 Å². The third-order valence-corrected chi connectivity index (χ3v) is 4.54. The number of nitrogens with one attached hydrogen (secondary N) is 1. The van der Waals surface area contributed by atoms with Crippen molar-refractivity contribution >= 4 is 21.7 Å². The van der Waals surface area contributed by atoms with E-state index in [1.54, 1.807) is 31.2 Å². The van der Waals surface area contributed by atoms with E-state index in [9.17, 15) is 13.2 Å². The van der Waals surface area contributed by atoms with E-state index in [0.29, 0.717) is 5.75 Å². The lowest BCUT2D eigenvalue weighted by atomic mass is 10.2. The van der Waals surface area contributed by atoms with Crippen LogP contribution in [0.25, 0.3) is 0 Å². The fourth-order valence-electron chi connectivity index (χ4n) is 2.00. The molecule has 0 saturated carbocycles. The van der Waals surface area contributed by atoms with Gasteiger partial charge in [0.15, 0.2) is 0 Å². The number of esters is 1. The van der Waals surface area contributed by atoms with Gasteiger partial charge in [-0.05, 0) is 42.8 Å². The Balaban J connectivity index is 2.44. The van der Waals surface area contributed by atoms with Crippen molar-refractivity contribution < 1.29 is 22.7 Å². The molecule has 0 radical (unpaired) electrons. The van der Waals surface area contributed by atoms with Crippen molar-refractivity contribution in [2.75, 3.05) is 18.9 Å². The second-order valence-corrected chi connectivity index (χ2v) is 6.51. The van der Waals surface area contributed by atoms with Crippen LogP contribution in [0.1, 0.15) is 15.9 Å². The summed E-state index contributed by atoms with van der Waals surface area (Å²) in [5.41, 5.74) is 1.01. The summed E-state index contributed by atoms with van der Waals surface area (Å²) in [6.07, 6.45) is 0. The molecule has 0 aliphatic heterocycles. The number of hydrogen-bond donors (Lipinski definition) is 1. The van der Waals surface area contributed by atoms with E-state index in [2.05, 4.69) is 9.46 Å². The van der Waals surface area contributed by atoms with Crippen molar-refractivity contribution in [2.45, 2.75) is 11.8 Å². The Morgan fingerprint density at radius 2 is 1.83 bits per heavy atom. The van der Waals surface area contributed by atoms with E-state index >= 15 is 0 Å². The van der Waals surface area contributed by atoms with Gasteiger partial charge in [-0.3, -0.25) is 4.72 Å². The van der Waals surface area contributed by atoms with Crippen LogP contribution in [0.4, 0.5) is 5.69 Å². The van der Waals surface area contributed by atoms with Crippen LogP contribution in [-0.2, 0) is 14.8 Å². The van der Waals surface area contributed by atoms with Gasteiger partial charge in [0.05, 0.1) is 30.4 Å². The van der Waals surface area contributed by atoms with Gasteiger partial charge in [-0.1, -0.05) is 12.1 Å². The molecule has 0 aliphatic carbocycles. The Kier molecular flexibility index (Phi) is 4.90. The predicted octanol–water partition coefficient (Wildman–Crippen LogP) is 2.59. The maximum absolute atomic E-state index is 12.5. The quantitative estimate of drug-likeness (QED) is 0.849. The van der Waals surface area contributed by atoms with Gasteiger partial charge in [0.1, 0.15) is 5.75 Å². The average molecular weight is 335 g/mol. The van der Waals surface area contributed by atoms with Crippen LogP contribution in [0.3, 0.4) is 0 Å². The molecule has 7 heteroatoms. The molecular formula is C16H17NO5S. The maximum Gasteiger partial charge on any atom is 0.340 e. The molecule has 0 saturated heterocycles. The highest BCUT2D eigenvalue weighted by molar-refractivity contribution is 7.92. The first kappa shape index (κ1) is 16.8. The molecule has 1 N–H and O–H groups in total. The van der Waals surface area contributed by atoms with Gasteiger partial charge >= 0.3 is 5.97 Å². The summed E-state index contributed by atoms with van der Waals surface area (Å²) >= 11 is 0. The van der Waals surface area contributed by atoms with Gasteiger partial charge in [-0.15, -0.1) is 0 Å². The number of hydrogen-bond acceptors (Lipinski definition) is 5. The van der Waals surface area contributed by atoms with Gasteiger partial charge in [-0.25, -0.2) is 13.2 Å². The van der Waals surface area contributed by atoms with Crippen molar-refractivity contribution in [2.24, 2.45) is 0 Å². The highest BCUT2D eigenvalue weighted by Gasteiger charge is 2.20. The zero-order valence-electron chi connectivity index (χ0n) is 13.0. The van der Waals surface area contributed by atoms with Crippen molar-refractivity contribution in [3.63, 3.8) is 0 Å². The standard InChI is InChI=1S/C16H17NO5S/c1-11-5-4-6-13(9-11)23(19,20)17-15-8-7-12(21-2)10-14(15)16(18)22-3/h4-10,17H,1-3H3. The minimum absolute atomic E-state index is 0.0723. The monoisotopic (exact) mass is 335 g/mol. The summed E-state index contributed by atoms with van der Waals surface area (Å²) < 4.78 is 37.1. The van der Waals surface area contributed by atoms with Crippen LogP contribution in [0.5, 0.6) is 5.75 Å². The second kappa shape index (κ2) is 6.70. The number of rotatable bonds is 5. The smallest absolute Gasteiger partial charge is 0.340 e. The van der Waals surface area contributed by atoms with Gasteiger partial charge in [0, 0.05) is 0 Å². The Labute approximate surface area is 135 Å². The third kappa shape index (κ3) is 3.81. The minimum Gasteiger partial charge on any atom is -0.497 e. The number of ether oxygens (including phenoxy) is 2. The molecule has 0 bridgehead atoms. The molecule has 0 aliphatic rings. The highest BCUT2D eigenvalue weighted by atomic mass is 32.2. The number of carbonyl (C=O) groups excluding carboxylic acids is 1. The van der Waals surface area contributed by atoms with Gasteiger partial charge in [0.25, 0.3) is 10.0 Å². The zero-order valence-corrected chi connectivity index (χ0v) is 13.8. The van der Waals surface area contributed by atoms with Gasteiger partial charge < -0.3 is 9.47 Å². The van der Waals surface area contributed by atoms with Crippen LogP contribution >= 0.6 is 0 Å². The van der Waals surface area contributed by atoms with Crippen LogP contribution in [0, 0.1) is 6.92 Å². The van der Waals surface area contributed by atoms with Gasteiger partial charge in [-0.2, -0.15) is 0 Å². The lowest BCUT2D eigenvalue weighted by Gasteiger charge is -2.13. The van der Waals surface area contributed by atoms with Crippen molar-refractivity contribution in [3.05, 3.63) is 53.6 Å². The van der Waals surface area contributed by atoms with Gasteiger partial charge in [0.2, 0.25) is 0 Å². The fourth-order valence-corrected chi connectivity index (χ4v) is 3.19. The number of benzene rings is 2. The molecule has 0 spiro atoms.